The van der Waals surface area contributed by atoms with E-state index < -0.39 is 0 Å². The molecule has 0 N–H and O–H groups in total. The monoisotopic (exact) mass is 537 g/mol. The first kappa shape index (κ1) is 29.1. The molecule has 0 aliphatic heterocycles. The topological polar surface area (TPSA) is 0 Å². The number of hydrogen-bond donors (Lipinski definition) is 0. The lowest BCUT2D eigenvalue weighted by Crippen LogP contribution is -2.43. The molecule has 6 saturated carbocycles. The third-order valence-electron chi connectivity index (χ3n) is 14.7. The zero-order valence-electron chi connectivity index (χ0n) is 26.6. The minimum atomic E-state index is 0.977. The highest BCUT2D eigenvalue weighted by atomic mass is 14.6. The lowest BCUT2D eigenvalue weighted by atomic mass is 9.55. The van der Waals surface area contributed by atoms with Crippen molar-refractivity contribution in [1.29, 1.82) is 0 Å². The molecule has 0 radical (unpaired) electrons. The van der Waals surface area contributed by atoms with Crippen LogP contribution >= 0.6 is 0 Å². The van der Waals surface area contributed by atoms with Crippen LogP contribution in [0.4, 0.5) is 0 Å². The molecule has 6 rings (SSSR count). The fourth-order valence-corrected chi connectivity index (χ4v) is 12.9. The third kappa shape index (κ3) is 6.66. The minimum absolute atomic E-state index is 0.977. The summed E-state index contributed by atoms with van der Waals surface area (Å²) in [4.78, 5) is 0. The first-order valence-electron chi connectivity index (χ1n) is 19.2. The molecule has 0 aromatic carbocycles. The lowest BCUT2D eigenvalue weighted by Gasteiger charge is -2.50. The summed E-state index contributed by atoms with van der Waals surface area (Å²) in [5.74, 6) is 13.0. The molecule has 0 spiro atoms. The van der Waals surface area contributed by atoms with Gasteiger partial charge in [-0.2, -0.15) is 0 Å². The van der Waals surface area contributed by atoms with Gasteiger partial charge in [0.2, 0.25) is 0 Å². The summed E-state index contributed by atoms with van der Waals surface area (Å²) < 4.78 is 0. The quantitative estimate of drug-likeness (QED) is 0.303. The molecule has 0 amide bonds. The molecular weight excluding hydrogens is 468 g/mol. The van der Waals surface area contributed by atoms with Crippen LogP contribution < -0.4 is 0 Å². The van der Waals surface area contributed by atoms with Crippen LogP contribution in [0.15, 0.2) is 0 Å². The summed E-state index contributed by atoms with van der Waals surface area (Å²) in [7, 11) is 0. The maximum atomic E-state index is 2.77. The normalized spacial score (nSPS) is 42.3. The highest BCUT2D eigenvalue weighted by Crippen LogP contribution is 2.61. The molecule has 0 saturated heterocycles. The largest absolute Gasteiger partial charge is 0.0654 e. The predicted molar refractivity (Wildman–Crippen MR) is 169 cm³/mol. The van der Waals surface area contributed by atoms with Gasteiger partial charge in [-0.05, 0) is 116 Å². The Morgan fingerprint density at radius 2 is 0.974 bits per heavy atom. The van der Waals surface area contributed by atoms with Gasteiger partial charge < -0.3 is 0 Å². The van der Waals surface area contributed by atoms with Crippen LogP contribution in [0.25, 0.3) is 0 Å². The van der Waals surface area contributed by atoms with Gasteiger partial charge in [0.1, 0.15) is 0 Å². The van der Waals surface area contributed by atoms with Gasteiger partial charge in [0.05, 0.1) is 0 Å². The number of rotatable bonds is 7. The van der Waals surface area contributed by atoms with E-state index in [9.17, 15) is 0 Å². The van der Waals surface area contributed by atoms with Crippen molar-refractivity contribution in [3.05, 3.63) is 0 Å². The Bertz CT molecular complexity index is 706. The molecule has 9 atom stereocenters. The van der Waals surface area contributed by atoms with E-state index >= 15 is 0 Å². The van der Waals surface area contributed by atoms with Crippen molar-refractivity contribution >= 4 is 0 Å². The molecule has 0 aromatic heterocycles. The third-order valence-corrected chi connectivity index (χ3v) is 14.7. The van der Waals surface area contributed by atoms with E-state index in [4.69, 9.17) is 0 Å². The van der Waals surface area contributed by atoms with E-state index in [2.05, 4.69) is 13.8 Å². The highest BCUT2D eigenvalue weighted by molar-refractivity contribution is 5.02. The Morgan fingerprint density at radius 1 is 0.462 bits per heavy atom. The number of fused-ring (bicyclic) bond motifs is 4. The van der Waals surface area contributed by atoms with Crippen LogP contribution in [-0.4, -0.2) is 0 Å². The average molecular weight is 537 g/mol. The molecule has 224 valence electrons. The fraction of sp³-hybridized carbons (Fsp3) is 1.00. The van der Waals surface area contributed by atoms with Crippen molar-refractivity contribution < 1.29 is 0 Å². The first-order chi connectivity index (χ1) is 19.2. The van der Waals surface area contributed by atoms with Gasteiger partial charge in [-0.15, -0.1) is 0 Å². The second-order valence-electron chi connectivity index (χ2n) is 16.7. The molecule has 6 aliphatic rings. The molecule has 6 unspecified atom stereocenters. The van der Waals surface area contributed by atoms with Crippen LogP contribution in [-0.2, 0) is 0 Å². The maximum absolute atomic E-state index is 2.77. The zero-order valence-corrected chi connectivity index (χ0v) is 26.6. The van der Waals surface area contributed by atoms with Crippen LogP contribution in [0, 0.1) is 71.0 Å². The lowest BCUT2D eigenvalue weighted by molar-refractivity contribution is -0.0121. The summed E-state index contributed by atoms with van der Waals surface area (Å²) in [6.07, 6.45) is 39.3. The van der Waals surface area contributed by atoms with Gasteiger partial charge in [0, 0.05) is 0 Å². The molecule has 0 heteroatoms. The Labute approximate surface area is 245 Å². The molecule has 0 nitrogen and oxygen atoms in total. The van der Waals surface area contributed by atoms with Crippen molar-refractivity contribution in [2.45, 2.75) is 174 Å². The molecule has 0 heterocycles. The van der Waals surface area contributed by atoms with Gasteiger partial charge >= 0.3 is 0 Å². The number of unbranched alkanes of at least 4 members (excludes halogenated alkanes) is 1. The molecule has 6 aliphatic carbocycles. The molecule has 0 aromatic rings. The summed E-state index contributed by atoms with van der Waals surface area (Å²) in [5, 5.41) is 0. The molecule has 6 fully saturated rings. The van der Waals surface area contributed by atoms with E-state index in [0.29, 0.717) is 0 Å². The summed E-state index contributed by atoms with van der Waals surface area (Å²) >= 11 is 0. The van der Waals surface area contributed by atoms with E-state index in [0.717, 1.165) is 71.0 Å². The Hall–Kier alpha value is 0. The number of hydrogen-bond acceptors (Lipinski definition) is 0. The SMILES string of the molecule is CCCCC(C)[C@H]1C(C2CCCCC2)C2CCC(C3CCCCC3)CC(C2)[C@H]2C[C@@H](C3CCCCC3)CCC21. The van der Waals surface area contributed by atoms with Gasteiger partial charge in [-0.1, -0.05) is 129 Å². The zero-order chi connectivity index (χ0) is 26.6. The minimum Gasteiger partial charge on any atom is -0.0654 e. The Balaban J connectivity index is 1.32. The molecule has 39 heavy (non-hydrogen) atoms. The van der Waals surface area contributed by atoms with Crippen molar-refractivity contribution in [3.63, 3.8) is 0 Å². The van der Waals surface area contributed by atoms with Crippen LogP contribution in [0.5, 0.6) is 0 Å². The first-order valence-corrected chi connectivity index (χ1v) is 19.2. The van der Waals surface area contributed by atoms with Crippen LogP contribution in [0.2, 0.25) is 0 Å². The average Bonchev–Trinajstić information content (AvgIpc) is 3.30. The standard InChI is InChI=1S/C39H68/c1-3-4-14-28(2)38-36-24-23-33(30-17-10-6-11-18-30)27-37(36)35-25-32(29-15-8-5-9-16-29)21-22-34(26-35)39(38)31-19-12-7-13-20-31/h28-39H,3-27H2,1-2H3/t28?,32?,33-,34?,35?,36?,37+,38+,39?/m0/s1. The summed E-state index contributed by atoms with van der Waals surface area (Å²) in [6, 6.07) is 0. The van der Waals surface area contributed by atoms with Gasteiger partial charge in [0.15, 0.2) is 0 Å². The summed E-state index contributed by atoms with van der Waals surface area (Å²) in [6.45, 7) is 5.22. The smallest absolute Gasteiger partial charge is 0.0324 e. The van der Waals surface area contributed by atoms with Crippen molar-refractivity contribution in [2.75, 3.05) is 0 Å². The van der Waals surface area contributed by atoms with Crippen LogP contribution in [0.3, 0.4) is 0 Å². The van der Waals surface area contributed by atoms with E-state index in [1.54, 1.807) is 122 Å². The van der Waals surface area contributed by atoms with Crippen molar-refractivity contribution in [3.8, 4) is 0 Å². The predicted octanol–water partition coefficient (Wildman–Crippen LogP) is 12.3. The molecule has 2 bridgehead atoms. The van der Waals surface area contributed by atoms with E-state index in [1.807, 2.05) is 0 Å². The van der Waals surface area contributed by atoms with Gasteiger partial charge in [-0.3, -0.25) is 0 Å². The van der Waals surface area contributed by atoms with Crippen LogP contribution in [0.1, 0.15) is 174 Å². The molecular formula is C39H68. The van der Waals surface area contributed by atoms with E-state index in [1.165, 1.54) is 38.5 Å². The van der Waals surface area contributed by atoms with Gasteiger partial charge in [-0.25, -0.2) is 0 Å². The van der Waals surface area contributed by atoms with Crippen molar-refractivity contribution in [2.24, 2.45) is 71.0 Å². The van der Waals surface area contributed by atoms with Crippen molar-refractivity contribution in [1.82, 2.24) is 0 Å². The Morgan fingerprint density at radius 3 is 1.59 bits per heavy atom. The highest BCUT2D eigenvalue weighted by Gasteiger charge is 2.52. The van der Waals surface area contributed by atoms with Gasteiger partial charge in [0.25, 0.3) is 0 Å². The van der Waals surface area contributed by atoms with E-state index in [-0.39, 0.29) is 0 Å². The second kappa shape index (κ2) is 14.0. The maximum Gasteiger partial charge on any atom is -0.0324 e. The summed E-state index contributed by atoms with van der Waals surface area (Å²) in [5.41, 5.74) is 0. The fourth-order valence-electron chi connectivity index (χ4n) is 12.9. The second-order valence-corrected chi connectivity index (χ2v) is 16.7. The Kier molecular flexibility index (Phi) is 10.4.